The van der Waals surface area contributed by atoms with E-state index in [0.717, 1.165) is 25.7 Å². The van der Waals surface area contributed by atoms with Crippen molar-refractivity contribution in [1.29, 1.82) is 5.41 Å². The normalized spacial score (nSPS) is 14.0. The van der Waals surface area contributed by atoms with Crippen LogP contribution in [0, 0.1) is 5.41 Å². The zero-order valence-electron chi connectivity index (χ0n) is 18.4. The molecule has 2 aromatic carbocycles. The summed E-state index contributed by atoms with van der Waals surface area (Å²) < 4.78 is 5.34. The first-order chi connectivity index (χ1) is 15.7. The van der Waals surface area contributed by atoms with Crippen LogP contribution in [0.1, 0.15) is 54.1 Å². The van der Waals surface area contributed by atoms with Gasteiger partial charge in [-0.25, -0.2) is 4.79 Å². The Morgan fingerprint density at radius 2 is 1.64 bits per heavy atom. The number of carboxylic acids is 1. The summed E-state index contributed by atoms with van der Waals surface area (Å²) in [7, 11) is 0. The SMILES string of the molecule is C/C(=C/c1ccc(C(=O)Oc2ccc(C(=N)N)cc2)cc1)C(=O)N(CC(=O)O)C1CCCC1. The van der Waals surface area contributed by atoms with Crippen LogP contribution in [0.3, 0.4) is 0 Å². The zero-order chi connectivity index (χ0) is 24.0. The molecule has 0 aromatic heterocycles. The molecular formula is C25H27N3O5. The van der Waals surface area contributed by atoms with Gasteiger partial charge in [0.05, 0.1) is 5.56 Å². The van der Waals surface area contributed by atoms with E-state index in [1.807, 2.05) is 0 Å². The van der Waals surface area contributed by atoms with Crippen molar-refractivity contribution in [2.24, 2.45) is 5.73 Å². The summed E-state index contributed by atoms with van der Waals surface area (Å²) in [6.07, 6.45) is 5.31. The molecule has 0 spiro atoms. The second-order valence-electron chi connectivity index (χ2n) is 8.04. The van der Waals surface area contributed by atoms with E-state index in [1.165, 1.54) is 4.90 Å². The van der Waals surface area contributed by atoms with Crippen LogP contribution in [0.15, 0.2) is 54.1 Å². The molecule has 1 saturated carbocycles. The number of aliphatic carboxylic acids is 1. The highest BCUT2D eigenvalue weighted by atomic mass is 16.5. The fourth-order valence-corrected chi connectivity index (χ4v) is 3.85. The highest BCUT2D eigenvalue weighted by Gasteiger charge is 2.28. The number of ether oxygens (including phenoxy) is 1. The van der Waals surface area contributed by atoms with Gasteiger partial charge in [-0.15, -0.1) is 0 Å². The number of nitrogens with zero attached hydrogens (tertiary/aromatic N) is 1. The summed E-state index contributed by atoms with van der Waals surface area (Å²) in [5.74, 6) is -1.59. The lowest BCUT2D eigenvalue weighted by Crippen LogP contribution is -2.42. The van der Waals surface area contributed by atoms with Crippen molar-refractivity contribution in [2.45, 2.75) is 38.6 Å². The molecule has 172 valence electrons. The number of nitrogens with two attached hydrogens (primary N) is 1. The van der Waals surface area contributed by atoms with Gasteiger partial charge in [-0.05, 0) is 67.8 Å². The van der Waals surface area contributed by atoms with Crippen LogP contribution in [0.5, 0.6) is 5.75 Å². The number of carbonyl (C=O) groups excluding carboxylic acids is 2. The maximum absolute atomic E-state index is 12.9. The van der Waals surface area contributed by atoms with Gasteiger partial charge >= 0.3 is 11.9 Å². The Hall–Kier alpha value is -3.94. The van der Waals surface area contributed by atoms with Crippen molar-refractivity contribution in [3.8, 4) is 5.75 Å². The van der Waals surface area contributed by atoms with Crippen LogP contribution in [-0.4, -0.2) is 46.3 Å². The van der Waals surface area contributed by atoms with Gasteiger partial charge in [0.1, 0.15) is 18.1 Å². The summed E-state index contributed by atoms with van der Waals surface area (Å²) in [5.41, 5.74) is 7.43. The Labute approximate surface area is 192 Å². The van der Waals surface area contributed by atoms with Crippen LogP contribution < -0.4 is 10.5 Å². The first kappa shape index (κ1) is 23.7. The van der Waals surface area contributed by atoms with Crippen LogP contribution in [0.2, 0.25) is 0 Å². The van der Waals surface area contributed by atoms with E-state index in [1.54, 1.807) is 61.5 Å². The lowest BCUT2D eigenvalue weighted by atomic mass is 10.1. The molecular weight excluding hydrogens is 422 g/mol. The summed E-state index contributed by atoms with van der Waals surface area (Å²) in [6, 6.07) is 12.9. The molecule has 33 heavy (non-hydrogen) atoms. The number of benzene rings is 2. The Kier molecular flexibility index (Phi) is 7.61. The first-order valence-corrected chi connectivity index (χ1v) is 10.7. The van der Waals surface area contributed by atoms with Crippen molar-refractivity contribution in [1.82, 2.24) is 4.90 Å². The molecule has 0 radical (unpaired) electrons. The molecule has 1 amide bonds. The molecule has 0 aliphatic heterocycles. The fourth-order valence-electron chi connectivity index (χ4n) is 3.85. The molecule has 1 aliphatic carbocycles. The molecule has 0 heterocycles. The molecule has 4 N–H and O–H groups in total. The number of hydrogen-bond donors (Lipinski definition) is 3. The van der Waals surface area contributed by atoms with Crippen molar-refractivity contribution in [3.05, 3.63) is 70.8 Å². The maximum atomic E-state index is 12.9. The second-order valence-corrected chi connectivity index (χ2v) is 8.04. The molecule has 0 atom stereocenters. The summed E-state index contributed by atoms with van der Waals surface area (Å²) >= 11 is 0. The number of amidine groups is 1. The van der Waals surface area contributed by atoms with E-state index in [2.05, 4.69) is 0 Å². The maximum Gasteiger partial charge on any atom is 0.343 e. The molecule has 2 aromatic rings. The van der Waals surface area contributed by atoms with Crippen molar-refractivity contribution in [3.63, 3.8) is 0 Å². The fraction of sp³-hybridized carbons (Fsp3) is 0.280. The van der Waals surface area contributed by atoms with Gasteiger partial charge in [-0.3, -0.25) is 15.0 Å². The summed E-state index contributed by atoms with van der Waals surface area (Å²) in [4.78, 5) is 38.0. The van der Waals surface area contributed by atoms with Crippen LogP contribution in [-0.2, 0) is 9.59 Å². The zero-order valence-corrected chi connectivity index (χ0v) is 18.4. The Morgan fingerprint density at radius 1 is 1.06 bits per heavy atom. The monoisotopic (exact) mass is 449 g/mol. The molecule has 8 heteroatoms. The second kappa shape index (κ2) is 10.6. The topological polar surface area (TPSA) is 134 Å². The largest absolute Gasteiger partial charge is 0.480 e. The van der Waals surface area contributed by atoms with Gasteiger partial charge in [-0.2, -0.15) is 0 Å². The number of rotatable bonds is 8. The molecule has 1 aliphatic rings. The third-order valence-corrected chi connectivity index (χ3v) is 5.57. The lowest BCUT2D eigenvalue weighted by Gasteiger charge is -2.27. The highest BCUT2D eigenvalue weighted by Crippen LogP contribution is 2.25. The van der Waals surface area contributed by atoms with Crippen molar-refractivity contribution in [2.75, 3.05) is 6.54 Å². The molecule has 0 bridgehead atoms. The van der Waals surface area contributed by atoms with Crippen molar-refractivity contribution < 1.29 is 24.2 Å². The number of nitrogens with one attached hydrogen (secondary N) is 1. The smallest absolute Gasteiger partial charge is 0.343 e. The Balaban J connectivity index is 1.67. The van der Waals surface area contributed by atoms with Crippen LogP contribution in [0.25, 0.3) is 6.08 Å². The lowest BCUT2D eigenvalue weighted by molar-refractivity contribution is -0.144. The van der Waals surface area contributed by atoms with Crippen LogP contribution >= 0.6 is 0 Å². The van der Waals surface area contributed by atoms with Gasteiger partial charge in [0.25, 0.3) is 0 Å². The third kappa shape index (κ3) is 6.29. The number of carbonyl (C=O) groups is 3. The van der Waals surface area contributed by atoms with Gasteiger partial charge in [-0.1, -0.05) is 25.0 Å². The first-order valence-electron chi connectivity index (χ1n) is 10.7. The minimum absolute atomic E-state index is 0.0430. The molecule has 0 unspecified atom stereocenters. The molecule has 8 nitrogen and oxygen atoms in total. The minimum atomic E-state index is -1.03. The van der Waals surface area contributed by atoms with E-state index in [4.69, 9.17) is 15.9 Å². The van der Waals surface area contributed by atoms with Gasteiger partial charge in [0.15, 0.2) is 0 Å². The summed E-state index contributed by atoms with van der Waals surface area (Å²) in [6.45, 7) is 1.35. The standard InChI is InChI=1S/C25H27N3O5/c1-16(24(31)28(15-22(29)30)20-4-2-3-5-20)14-17-6-8-19(9-7-17)25(32)33-21-12-10-18(11-13-21)23(26)27/h6-14,20H,2-5,15H2,1H3,(H3,26,27)(H,29,30)/b16-14-. The van der Waals surface area contributed by atoms with Gasteiger partial charge in [0, 0.05) is 17.2 Å². The average Bonchev–Trinajstić information content (AvgIpc) is 3.32. The number of amides is 1. The average molecular weight is 450 g/mol. The number of nitrogen functional groups attached to an aromatic ring is 1. The third-order valence-electron chi connectivity index (χ3n) is 5.57. The Bertz CT molecular complexity index is 1070. The number of hydrogen-bond acceptors (Lipinski definition) is 5. The summed E-state index contributed by atoms with van der Waals surface area (Å²) in [5, 5.41) is 16.6. The number of carboxylic acid groups (broad SMARTS) is 1. The Morgan fingerprint density at radius 3 is 2.18 bits per heavy atom. The van der Waals surface area contributed by atoms with E-state index in [-0.39, 0.29) is 24.3 Å². The highest BCUT2D eigenvalue weighted by molar-refractivity contribution is 5.99. The molecule has 3 rings (SSSR count). The van der Waals surface area contributed by atoms with Gasteiger partial charge < -0.3 is 20.5 Å². The van der Waals surface area contributed by atoms with E-state index in [0.29, 0.717) is 28.0 Å². The molecule has 0 saturated heterocycles. The molecule has 1 fully saturated rings. The van der Waals surface area contributed by atoms with E-state index < -0.39 is 11.9 Å². The number of esters is 1. The van der Waals surface area contributed by atoms with E-state index >= 15 is 0 Å². The van der Waals surface area contributed by atoms with E-state index in [9.17, 15) is 19.5 Å². The van der Waals surface area contributed by atoms with Crippen molar-refractivity contribution >= 4 is 29.8 Å². The minimum Gasteiger partial charge on any atom is -0.480 e. The van der Waals surface area contributed by atoms with Gasteiger partial charge in [0.2, 0.25) is 5.91 Å². The predicted octanol–water partition coefficient (Wildman–Crippen LogP) is 3.45. The van der Waals surface area contributed by atoms with Crippen LogP contribution in [0.4, 0.5) is 0 Å². The predicted molar refractivity (Wildman–Crippen MR) is 124 cm³/mol. The quantitative estimate of drug-likeness (QED) is 0.186.